The molecule has 27 heavy (non-hydrogen) atoms. The average molecular weight is 401 g/mol. The third-order valence-electron chi connectivity index (χ3n) is 4.88. The van der Waals surface area contributed by atoms with E-state index in [1.54, 1.807) is 0 Å². The van der Waals surface area contributed by atoms with Gasteiger partial charge in [-0.1, -0.05) is 41.6 Å². The fourth-order valence-electron chi connectivity index (χ4n) is 3.35. The third-order valence-corrected chi connectivity index (χ3v) is 6.13. The molecule has 140 valence electrons. The number of imidazole rings is 1. The normalized spacial score (nSPS) is 14.7. The molecule has 1 fully saturated rings. The van der Waals surface area contributed by atoms with Gasteiger partial charge in [0, 0.05) is 43.9 Å². The van der Waals surface area contributed by atoms with E-state index in [-0.39, 0.29) is 5.91 Å². The summed E-state index contributed by atoms with van der Waals surface area (Å²) in [7, 11) is 1.97. The van der Waals surface area contributed by atoms with Crippen molar-refractivity contribution in [2.24, 2.45) is 7.05 Å². The summed E-state index contributed by atoms with van der Waals surface area (Å²) in [5.74, 6) is 0.564. The number of halogens is 1. The zero-order valence-electron chi connectivity index (χ0n) is 15.1. The second kappa shape index (κ2) is 7.82. The van der Waals surface area contributed by atoms with Crippen molar-refractivity contribution < 1.29 is 4.79 Å². The zero-order valence-corrected chi connectivity index (χ0v) is 16.7. The molecule has 3 aromatic rings. The molecule has 2 aromatic carbocycles. The lowest BCUT2D eigenvalue weighted by Gasteiger charge is -2.36. The molecule has 0 unspecified atom stereocenters. The van der Waals surface area contributed by atoms with Gasteiger partial charge in [-0.15, -0.1) is 0 Å². The second-order valence-electron chi connectivity index (χ2n) is 6.58. The molecule has 4 rings (SSSR count). The number of hydrogen-bond donors (Lipinski definition) is 0. The first-order chi connectivity index (χ1) is 13.1. The third kappa shape index (κ3) is 3.92. The molecule has 0 atom stereocenters. The number of amides is 1. The van der Waals surface area contributed by atoms with Crippen molar-refractivity contribution in [2.45, 2.75) is 5.16 Å². The number of aryl methyl sites for hydroxylation is 1. The highest BCUT2D eigenvalue weighted by Gasteiger charge is 2.22. The summed E-state index contributed by atoms with van der Waals surface area (Å²) in [6.45, 7) is 3.25. The number of carbonyl (C=O) groups excluding carboxylic acids is 1. The molecule has 1 saturated heterocycles. The van der Waals surface area contributed by atoms with Crippen LogP contribution in [0.1, 0.15) is 0 Å². The number of nitrogens with zero attached hydrogens (tertiary/aromatic N) is 4. The maximum Gasteiger partial charge on any atom is 0.233 e. The van der Waals surface area contributed by atoms with Gasteiger partial charge in [0.05, 0.1) is 16.8 Å². The molecule has 7 heteroatoms. The van der Waals surface area contributed by atoms with Crippen molar-refractivity contribution in [1.82, 2.24) is 14.5 Å². The van der Waals surface area contributed by atoms with Crippen LogP contribution in [-0.2, 0) is 11.8 Å². The molecule has 1 aliphatic rings. The van der Waals surface area contributed by atoms with Crippen LogP contribution in [0.25, 0.3) is 11.0 Å². The molecule has 0 spiro atoms. The number of hydrogen-bond acceptors (Lipinski definition) is 4. The highest BCUT2D eigenvalue weighted by Crippen LogP contribution is 2.25. The largest absolute Gasteiger partial charge is 0.368 e. The van der Waals surface area contributed by atoms with Gasteiger partial charge in [-0.05, 0) is 30.3 Å². The predicted molar refractivity (Wildman–Crippen MR) is 112 cm³/mol. The Morgan fingerprint density at radius 3 is 2.59 bits per heavy atom. The Morgan fingerprint density at radius 2 is 1.85 bits per heavy atom. The Hall–Kier alpha value is -2.18. The standard InChI is InChI=1S/C20H21ClN4OS/c1-23-18-8-7-15(21)13-17(18)22-20(23)27-14-19(26)25-11-9-24(10-12-25)16-5-3-2-4-6-16/h2-8,13H,9-12,14H2,1H3. The van der Waals surface area contributed by atoms with Crippen LogP contribution in [0.3, 0.4) is 0 Å². The van der Waals surface area contributed by atoms with E-state index in [2.05, 4.69) is 22.0 Å². The molecule has 0 bridgehead atoms. The van der Waals surface area contributed by atoms with Gasteiger partial charge in [-0.3, -0.25) is 4.79 Å². The summed E-state index contributed by atoms with van der Waals surface area (Å²) in [6, 6.07) is 16.0. The van der Waals surface area contributed by atoms with Crippen LogP contribution in [0.4, 0.5) is 5.69 Å². The first-order valence-corrected chi connectivity index (χ1v) is 10.3. The number of anilines is 1. The second-order valence-corrected chi connectivity index (χ2v) is 7.96. The molecule has 1 aliphatic heterocycles. The smallest absolute Gasteiger partial charge is 0.233 e. The Bertz CT molecular complexity index is 951. The van der Waals surface area contributed by atoms with Crippen molar-refractivity contribution in [3.8, 4) is 0 Å². The number of rotatable bonds is 4. The van der Waals surface area contributed by atoms with Gasteiger partial charge in [0.25, 0.3) is 0 Å². The number of thioether (sulfide) groups is 1. The Balaban J connectivity index is 1.34. The maximum atomic E-state index is 12.6. The fraction of sp³-hybridized carbons (Fsp3) is 0.300. The van der Waals surface area contributed by atoms with Gasteiger partial charge in [0.15, 0.2) is 5.16 Å². The van der Waals surface area contributed by atoms with E-state index in [0.29, 0.717) is 10.8 Å². The van der Waals surface area contributed by atoms with Gasteiger partial charge in [-0.25, -0.2) is 4.98 Å². The molecule has 5 nitrogen and oxygen atoms in total. The van der Waals surface area contributed by atoms with Crippen LogP contribution >= 0.6 is 23.4 Å². The number of benzene rings is 2. The van der Waals surface area contributed by atoms with E-state index in [9.17, 15) is 4.79 Å². The minimum atomic E-state index is 0.165. The van der Waals surface area contributed by atoms with Crippen LogP contribution in [0, 0.1) is 0 Å². The summed E-state index contributed by atoms with van der Waals surface area (Å²) in [5, 5.41) is 1.51. The van der Waals surface area contributed by atoms with Crippen molar-refractivity contribution in [3.05, 3.63) is 53.6 Å². The summed E-state index contributed by atoms with van der Waals surface area (Å²) in [4.78, 5) is 21.5. The number of carbonyl (C=O) groups is 1. The summed E-state index contributed by atoms with van der Waals surface area (Å²) in [6.07, 6.45) is 0. The van der Waals surface area contributed by atoms with Gasteiger partial charge < -0.3 is 14.4 Å². The van der Waals surface area contributed by atoms with Gasteiger partial charge >= 0.3 is 0 Å². The number of aromatic nitrogens is 2. The molecular formula is C20H21ClN4OS. The lowest BCUT2D eigenvalue weighted by molar-refractivity contribution is -0.128. The Labute approximate surface area is 167 Å². The lowest BCUT2D eigenvalue weighted by Crippen LogP contribution is -2.49. The fourth-order valence-corrected chi connectivity index (χ4v) is 4.41. The zero-order chi connectivity index (χ0) is 18.8. The predicted octanol–water partition coefficient (Wildman–Crippen LogP) is 3.67. The molecule has 0 saturated carbocycles. The number of piperazine rings is 1. The quantitative estimate of drug-likeness (QED) is 0.626. The summed E-state index contributed by atoms with van der Waals surface area (Å²) in [5.41, 5.74) is 3.10. The minimum Gasteiger partial charge on any atom is -0.368 e. The highest BCUT2D eigenvalue weighted by atomic mass is 35.5. The van der Waals surface area contributed by atoms with Crippen LogP contribution < -0.4 is 4.90 Å². The molecule has 2 heterocycles. The van der Waals surface area contributed by atoms with E-state index in [1.807, 2.05) is 52.9 Å². The SMILES string of the molecule is Cn1c(SCC(=O)N2CCN(c3ccccc3)CC2)nc2cc(Cl)ccc21. The Kier molecular flexibility index (Phi) is 5.27. The molecule has 1 amide bonds. The monoisotopic (exact) mass is 400 g/mol. The number of para-hydroxylation sites is 1. The van der Waals surface area contributed by atoms with E-state index in [1.165, 1.54) is 17.4 Å². The van der Waals surface area contributed by atoms with Crippen molar-refractivity contribution in [2.75, 3.05) is 36.8 Å². The summed E-state index contributed by atoms with van der Waals surface area (Å²) < 4.78 is 2.01. The minimum absolute atomic E-state index is 0.165. The highest BCUT2D eigenvalue weighted by molar-refractivity contribution is 7.99. The van der Waals surface area contributed by atoms with Crippen molar-refractivity contribution >= 4 is 46.0 Å². The molecule has 1 aromatic heterocycles. The molecular weight excluding hydrogens is 380 g/mol. The first-order valence-electron chi connectivity index (χ1n) is 8.94. The van der Waals surface area contributed by atoms with Gasteiger partial charge in [-0.2, -0.15) is 0 Å². The Morgan fingerprint density at radius 1 is 1.11 bits per heavy atom. The lowest BCUT2D eigenvalue weighted by atomic mass is 10.2. The van der Waals surface area contributed by atoms with E-state index < -0.39 is 0 Å². The first kappa shape index (κ1) is 18.2. The van der Waals surface area contributed by atoms with E-state index in [4.69, 9.17) is 11.6 Å². The topological polar surface area (TPSA) is 41.4 Å². The number of fused-ring (bicyclic) bond motifs is 1. The maximum absolute atomic E-state index is 12.6. The van der Waals surface area contributed by atoms with Crippen LogP contribution in [0.15, 0.2) is 53.7 Å². The van der Waals surface area contributed by atoms with E-state index in [0.717, 1.165) is 42.4 Å². The molecule has 0 N–H and O–H groups in total. The van der Waals surface area contributed by atoms with Crippen LogP contribution in [0.5, 0.6) is 0 Å². The van der Waals surface area contributed by atoms with Crippen LogP contribution in [-0.4, -0.2) is 52.3 Å². The summed E-state index contributed by atoms with van der Waals surface area (Å²) >= 11 is 7.53. The van der Waals surface area contributed by atoms with Crippen LogP contribution in [0.2, 0.25) is 5.02 Å². The molecule has 0 radical (unpaired) electrons. The van der Waals surface area contributed by atoms with Gasteiger partial charge in [0.1, 0.15) is 0 Å². The molecule has 0 aliphatic carbocycles. The average Bonchev–Trinajstić information content (AvgIpc) is 3.01. The van der Waals surface area contributed by atoms with E-state index >= 15 is 0 Å². The van der Waals surface area contributed by atoms with Crippen molar-refractivity contribution in [3.63, 3.8) is 0 Å². The van der Waals surface area contributed by atoms with Crippen molar-refractivity contribution in [1.29, 1.82) is 0 Å². The van der Waals surface area contributed by atoms with Gasteiger partial charge in [0.2, 0.25) is 5.91 Å².